The van der Waals surface area contributed by atoms with Gasteiger partial charge in [0, 0.05) is 24.2 Å². The maximum absolute atomic E-state index is 13.3. The molecule has 4 rings (SSSR count). The third-order valence-electron chi connectivity index (χ3n) is 5.20. The van der Waals surface area contributed by atoms with Crippen LogP contribution in [0.1, 0.15) is 26.3 Å². The lowest BCUT2D eigenvalue weighted by Crippen LogP contribution is -2.48. The van der Waals surface area contributed by atoms with E-state index in [-0.39, 0.29) is 28.3 Å². The Kier molecular flexibility index (Phi) is 6.13. The van der Waals surface area contributed by atoms with Crippen molar-refractivity contribution in [1.82, 2.24) is 4.90 Å². The van der Waals surface area contributed by atoms with Gasteiger partial charge in [0.2, 0.25) is 5.91 Å². The Labute approximate surface area is 197 Å². The molecule has 3 aromatic rings. The predicted molar refractivity (Wildman–Crippen MR) is 123 cm³/mol. The molecule has 1 heterocycles. The molecular weight excluding hydrogens is 469 g/mol. The number of non-ortho nitro benzene ring substituents is 1. The van der Waals surface area contributed by atoms with E-state index in [1.165, 1.54) is 54.6 Å². The van der Waals surface area contributed by atoms with Crippen LogP contribution in [0.4, 0.5) is 11.4 Å². The van der Waals surface area contributed by atoms with E-state index in [0.29, 0.717) is 16.3 Å². The molecule has 0 aromatic heterocycles. The number of benzene rings is 3. The quantitative estimate of drug-likeness (QED) is 0.309. The topological polar surface area (TPSA) is 110 Å². The first-order chi connectivity index (χ1) is 15.8. The van der Waals surface area contributed by atoms with Crippen molar-refractivity contribution in [2.24, 2.45) is 0 Å². The second-order valence-electron chi connectivity index (χ2n) is 7.29. The van der Waals surface area contributed by atoms with Gasteiger partial charge in [0.15, 0.2) is 0 Å². The summed E-state index contributed by atoms with van der Waals surface area (Å²) in [5.41, 5.74) is 1.17. The first kappa shape index (κ1) is 22.4. The molecular formula is C23H15Cl2N3O5. The van der Waals surface area contributed by atoms with Crippen LogP contribution in [-0.4, -0.2) is 33.6 Å². The number of hydrogen-bond acceptors (Lipinski definition) is 5. The minimum atomic E-state index is -1.21. The Morgan fingerprint density at radius 1 is 0.939 bits per heavy atom. The summed E-state index contributed by atoms with van der Waals surface area (Å²) in [5.74, 6) is -1.81. The maximum Gasteiger partial charge on any atom is 0.269 e. The summed E-state index contributed by atoms with van der Waals surface area (Å²) < 4.78 is 0. The third-order valence-corrected chi connectivity index (χ3v) is 5.94. The molecule has 0 aliphatic carbocycles. The average Bonchev–Trinajstić information content (AvgIpc) is 3.05. The van der Waals surface area contributed by atoms with Crippen LogP contribution in [0.3, 0.4) is 0 Å². The van der Waals surface area contributed by atoms with Crippen molar-refractivity contribution >= 4 is 52.3 Å². The summed E-state index contributed by atoms with van der Waals surface area (Å²) in [6.45, 7) is 0. The van der Waals surface area contributed by atoms with Gasteiger partial charge in [0.05, 0.1) is 26.1 Å². The molecule has 0 bridgehead atoms. The number of carbonyl (C=O) groups excluding carboxylic acids is 3. The Balaban J connectivity index is 1.68. The second kappa shape index (κ2) is 9.01. The van der Waals surface area contributed by atoms with Crippen LogP contribution in [0.5, 0.6) is 0 Å². The largest absolute Gasteiger partial charge is 0.324 e. The first-order valence-corrected chi connectivity index (χ1v) is 10.5. The van der Waals surface area contributed by atoms with Crippen LogP contribution in [0.25, 0.3) is 0 Å². The van der Waals surface area contributed by atoms with Crippen molar-refractivity contribution in [3.63, 3.8) is 0 Å². The third kappa shape index (κ3) is 4.44. The molecule has 1 aliphatic heterocycles. The number of carbonyl (C=O) groups is 3. The molecule has 3 aromatic carbocycles. The van der Waals surface area contributed by atoms with Gasteiger partial charge in [-0.05, 0) is 35.9 Å². The smallest absolute Gasteiger partial charge is 0.269 e. The second-order valence-corrected chi connectivity index (χ2v) is 8.10. The Morgan fingerprint density at radius 3 is 2.09 bits per heavy atom. The Bertz CT molecular complexity index is 1260. The highest BCUT2D eigenvalue weighted by molar-refractivity contribution is 6.42. The van der Waals surface area contributed by atoms with Gasteiger partial charge in [-0.1, -0.05) is 47.5 Å². The van der Waals surface area contributed by atoms with E-state index in [0.717, 1.165) is 4.90 Å². The zero-order valence-electron chi connectivity index (χ0n) is 16.8. The predicted octanol–water partition coefficient (Wildman–Crippen LogP) is 4.75. The van der Waals surface area contributed by atoms with Crippen LogP contribution in [0, 0.1) is 10.1 Å². The van der Waals surface area contributed by atoms with E-state index < -0.39 is 28.7 Å². The number of amides is 3. The number of nitro benzene ring substituents is 1. The van der Waals surface area contributed by atoms with Gasteiger partial charge in [0.25, 0.3) is 17.5 Å². The van der Waals surface area contributed by atoms with Crippen LogP contribution in [0.2, 0.25) is 10.0 Å². The number of nitrogens with one attached hydrogen (secondary N) is 1. The molecule has 0 spiro atoms. The zero-order valence-corrected chi connectivity index (χ0v) is 18.3. The fourth-order valence-electron chi connectivity index (χ4n) is 3.57. The van der Waals surface area contributed by atoms with Gasteiger partial charge < -0.3 is 5.32 Å². The fourth-order valence-corrected chi connectivity index (χ4v) is 3.87. The van der Waals surface area contributed by atoms with Crippen molar-refractivity contribution in [3.8, 4) is 0 Å². The molecule has 1 atom stereocenters. The van der Waals surface area contributed by atoms with Crippen LogP contribution >= 0.6 is 23.2 Å². The number of fused-ring (bicyclic) bond motifs is 1. The van der Waals surface area contributed by atoms with Gasteiger partial charge in [-0.2, -0.15) is 0 Å². The molecule has 0 radical (unpaired) electrons. The SMILES string of the molecule is O=C(Nc1ccc(Cl)c(Cl)c1)[C@H](Cc1ccc([N+](=O)[O-])cc1)N1C(=O)c2ccccc2C1=O. The summed E-state index contributed by atoms with van der Waals surface area (Å²) in [7, 11) is 0. The van der Waals surface area contributed by atoms with E-state index in [4.69, 9.17) is 23.2 Å². The molecule has 8 nitrogen and oxygen atoms in total. The molecule has 3 amide bonds. The van der Waals surface area contributed by atoms with E-state index in [2.05, 4.69) is 5.32 Å². The summed E-state index contributed by atoms with van der Waals surface area (Å²) in [5, 5.41) is 14.1. The maximum atomic E-state index is 13.3. The first-order valence-electron chi connectivity index (χ1n) is 9.72. The van der Waals surface area contributed by atoms with Crippen LogP contribution in [0.15, 0.2) is 66.7 Å². The number of nitro groups is 1. The minimum absolute atomic E-state index is 0.0450. The van der Waals surface area contributed by atoms with Gasteiger partial charge in [-0.25, -0.2) is 0 Å². The summed E-state index contributed by atoms with van der Waals surface area (Å²) in [6.07, 6.45) is -0.0450. The monoisotopic (exact) mass is 483 g/mol. The summed E-state index contributed by atoms with van der Waals surface area (Å²) >= 11 is 11.9. The number of imide groups is 1. The standard InChI is InChI=1S/C23H15Cl2N3O5/c24-18-10-7-14(12-19(18)25)26-21(29)20(11-13-5-8-15(9-6-13)28(32)33)27-22(30)16-3-1-2-4-17(16)23(27)31/h1-10,12,20H,11H2,(H,26,29)/t20-/m0/s1. The molecule has 10 heteroatoms. The van der Waals surface area contributed by atoms with Crippen molar-refractivity contribution < 1.29 is 19.3 Å². The normalized spacial score (nSPS) is 13.6. The van der Waals surface area contributed by atoms with Crippen molar-refractivity contribution in [2.45, 2.75) is 12.5 Å². The lowest BCUT2D eigenvalue weighted by atomic mass is 10.0. The fraction of sp³-hybridized carbons (Fsp3) is 0.0870. The lowest BCUT2D eigenvalue weighted by molar-refractivity contribution is -0.384. The number of anilines is 1. The average molecular weight is 484 g/mol. The molecule has 0 saturated heterocycles. The van der Waals surface area contributed by atoms with Crippen molar-refractivity contribution in [2.75, 3.05) is 5.32 Å². The van der Waals surface area contributed by atoms with Gasteiger partial charge in [-0.3, -0.25) is 29.4 Å². The zero-order chi connectivity index (χ0) is 23.7. The number of rotatable bonds is 6. The highest BCUT2D eigenvalue weighted by Crippen LogP contribution is 2.28. The number of hydrogen-bond donors (Lipinski definition) is 1. The van der Waals surface area contributed by atoms with Crippen LogP contribution in [-0.2, 0) is 11.2 Å². The Hall–Kier alpha value is -3.75. The minimum Gasteiger partial charge on any atom is -0.324 e. The molecule has 0 saturated carbocycles. The number of nitrogens with zero attached hydrogens (tertiary/aromatic N) is 2. The van der Waals surface area contributed by atoms with E-state index in [1.807, 2.05) is 0 Å². The molecule has 0 fully saturated rings. The highest BCUT2D eigenvalue weighted by Gasteiger charge is 2.42. The number of halogens is 2. The molecule has 166 valence electrons. The molecule has 1 N–H and O–H groups in total. The van der Waals surface area contributed by atoms with E-state index in [1.54, 1.807) is 12.1 Å². The van der Waals surface area contributed by atoms with Crippen molar-refractivity contribution in [1.29, 1.82) is 0 Å². The van der Waals surface area contributed by atoms with E-state index in [9.17, 15) is 24.5 Å². The summed E-state index contributed by atoms with van der Waals surface area (Å²) in [4.78, 5) is 50.7. The van der Waals surface area contributed by atoms with Gasteiger partial charge in [0.1, 0.15) is 6.04 Å². The molecule has 0 unspecified atom stereocenters. The van der Waals surface area contributed by atoms with Gasteiger partial charge >= 0.3 is 0 Å². The molecule has 1 aliphatic rings. The lowest BCUT2D eigenvalue weighted by Gasteiger charge is -2.25. The van der Waals surface area contributed by atoms with Gasteiger partial charge in [-0.15, -0.1) is 0 Å². The van der Waals surface area contributed by atoms with E-state index >= 15 is 0 Å². The van der Waals surface area contributed by atoms with Crippen LogP contribution < -0.4 is 5.32 Å². The summed E-state index contributed by atoms with van der Waals surface area (Å²) in [6, 6.07) is 15.2. The highest BCUT2D eigenvalue weighted by atomic mass is 35.5. The van der Waals surface area contributed by atoms with Crippen molar-refractivity contribution in [3.05, 3.63) is 104 Å². The molecule has 33 heavy (non-hydrogen) atoms. The Morgan fingerprint density at radius 2 is 1.55 bits per heavy atom.